The number of alkyl carbamates (subject to hydrolysis) is 1. The lowest BCUT2D eigenvalue weighted by atomic mass is 9.98. The van der Waals surface area contributed by atoms with E-state index in [0.717, 1.165) is 5.56 Å². The Bertz CT molecular complexity index is 921. The maximum Gasteiger partial charge on any atom is 0.407 e. The lowest BCUT2D eigenvalue weighted by Gasteiger charge is -2.30. The van der Waals surface area contributed by atoms with E-state index < -0.39 is 47.5 Å². The van der Waals surface area contributed by atoms with Gasteiger partial charge < -0.3 is 30.5 Å². The van der Waals surface area contributed by atoms with Crippen LogP contribution < -0.4 is 16.0 Å². The maximum atomic E-state index is 13.6. The number of ether oxygens (including phenoxy) is 2. The van der Waals surface area contributed by atoms with Crippen LogP contribution in [0.25, 0.3) is 0 Å². The first-order valence-electron chi connectivity index (χ1n) is 14.3. The van der Waals surface area contributed by atoms with Crippen LogP contribution in [-0.4, -0.2) is 65.1 Å². The smallest absolute Gasteiger partial charge is 0.407 e. The molecule has 9 heteroatoms. The van der Waals surface area contributed by atoms with Gasteiger partial charge in [0.1, 0.15) is 17.2 Å². The van der Waals surface area contributed by atoms with Crippen molar-refractivity contribution in [3.05, 3.63) is 35.9 Å². The molecule has 40 heavy (non-hydrogen) atoms. The van der Waals surface area contributed by atoms with E-state index in [1.54, 1.807) is 41.5 Å². The summed E-state index contributed by atoms with van der Waals surface area (Å²) in [4.78, 5) is 38.9. The van der Waals surface area contributed by atoms with Gasteiger partial charge in [-0.05, 0) is 78.2 Å². The van der Waals surface area contributed by atoms with Gasteiger partial charge in [0.2, 0.25) is 5.91 Å². The van der Waals surface area contributed by atoms with Crippen LogP contribution in [0.1, 0.15) is 87.6 Å². The van der Waals surface area contributed by atoms with Gasteiger partial charge in [0.15, 0.2) is 0 Å². The molecule has 0 bridgehead atoms. The summed E-state index contributed by atoms with van der Waals surface area (Å²) in [5.74, 6) is -0.501. The van der Waals surface area contributed by atoms with E-state index in [1.165, 1.54) is 0 Å². The van der Waals surface area contributed by atoms with Gasteiger partial charge in [0.05, 0.1) is 18.2 Å². The normalized spacial score (nSPS) is 15.2. The van der Waals surface area contributed by atoms with Crippen molar-refractivity contribution in [1.82, 2.24) is 16.0 Å². The summed E-state index contributed by atoms with van der Waals surface area (Å²) in [7, 11) is 0. The first-order chi connectivity index (χ1) is 18.4. The van der Waals surface area contributed by atoms with Crippen molar-refractivity contribution in [3.8, 4) is 0 Å². The summed E-state index contributed by atoms with van der Waals surface area (Å²) in [5, 5.41) is 19.9. The minimum absolute atomic E-state index is 0.0411. The summed E-state index contributed by atoms with van der Waals surface area (Å²) >= 11 is 0. The molecule has 0 aliphatic carbocycles. The summed E-state index contributed by atoms with van der Waals surface area (Å²) in [5.41, 5.74) is -0.433. The van der Waals surface area contributed by atoms with E-state index >= 15 is 0 Å². The molecule has 1 aromatic carbocycles. The average Bonchev–Trinajstić information content (AvgIpc) is 2.78. The van der Waals surface area contributed by atoms with Gasteiger partial charge in [-0.25, -0.2) is 9.59 Å². The van der Waals surface area contributed by atoms with Crippen LogP contribution in [0.4, 0.5) is 4.79 Å². The number of aliphatic hydroxyl groups excluding tert-OH is 1. The molecule has 0 heterocycles. The number of aliphatic hydroxyl groups is 1. The largest absolute Gasteiger partial charge is 0.458 e. The molecule has 0 aromatic heterocycles. The zero-order valence-electron chi connectivity index (χ0n) is 26.2. The standard InChI is InChI=1S/C31H53N3O6/c1-20(2)16-23(34-29(38)40-31(8,9)10)26(35)19-32-24(18-22-14-12-11-13-15-22)27(36)33-25(17-21(3)4)28(37)39-30(5,6)7/h11-15,20-21,23-26,32,35H,16-19H2,1-10H3,(H,33,36)(H,34,38)/t23-,24-,25-,26?/m0/s1. The number of benzene rings is 1. The van der Waals surface area contributed by atoms with Crippen molar-refractivity contribution >= 4 is 18.0 Å². The first kappa shape index (κ1) is 35.4. The monoisotopic (exact) mass is 563 g/mol. The molecule has 228 valence electrons. The molecule has 1 rings (SSSR count). The van der Waals surface area contributed by atoms with Gasteiger partial charge in [0, 0.05) is 6.54 Å². The lowest BCUT2D eigenvalue weighted by molar-refractivity contribution is -0.159. The van der Waals surface area contributed by atoms with E-state index in [0.29, 0.717) is 19.3 Å². The van der Waals surface area contributed by atoms with Crippen molar-refractivity contribution in [2.45, 2.75) is 124 Å². The molecular weight excluding hydrogens is 510 g/mol. The Balaban J connectivity index is 3.09. The van der Waals surface area contributed by atoms with Crippen LogP contribution in [0.3, 0.4) is 0 Å². The Labute approximate surface area is 241 Å². The third-order valence-electron chi connectivity index (χ3n) is 5.78. The molecule has 0 radical (unpaired) electrons. The Morgan fingerprint density at radius 2 is 1.35 bits per heavy atom. The molecular formula is C31H53N3O6. The van der Waals surface area contributed by atoms with E-state index in [4.69, 9.17) is 9.47 Å². The number of hydrogen-bond acceptors (Lipinski definition) is 7. The zero-order chi connectivity index (χ0) is 30.7. The second kappa shape index (κ2) is 16.0. The fraction of sp³-hybridized carbons (Fsp3) is 0.710. The predicted molar refractivity (Wildman–Crippen MR) is 158 cm³/mol. The highest BCUT2D eigenvalue weighted by atomic mass is 16.6. The van der Waals surface area contributed by atoms with Gasteiger partial charge in [-0.2, -0.15) is 0 Å². The van der Waals surface area contributed by atoms with E-state index in [1.807, 2.05) is 58.0 Å². The summed E-state index contributed by atoms with van der Waals surface area (Å²) in [6.07, 6.45) is -0.302. The molecule has 0 saturated heterocycles. The van der Waals surface area contributed by atoms with Crippen LogP contribution in [0, 0.1) is 11.8 Å². The minimum Gasteiger partial charge on any atom is -0.458 e. The van der Waals surface area contributed by atoms with E-state index in [9.17, 15) is 19.5 Å². The molecule has 1 aromatic rings. The zero-order valence-corrected chi connectivity index (χ0v) is 26.2. The van der Waals surface area contributed by atoms with Crippen LogP contribution in [-0.2, 0) is 25.5 Å². The molecule has 0 aliphatic heterocycles. The van der Waals surface area contributed by atoms with Crippen molar-refractivity contribution < 1.29 is 29.0 Å². The van der Waals surface area contributed by atoms with Crippen molar-refractivity contribution in [3.63, 3.8) is 0 Å². The van der Waals surface area contributed by atoms with Crippen LogP contribution in [0.15, 0.2) is 30.3 Å². The average molecular weight is 564 g/mol. The Morgan fingerprint density at radius 3 is 1.85 bits per heavy atom. The van der Waals surface area contributed by atoms with Crippen molar-refractivity contribution in [2.75, 3.05) is 6.54 Å². The number of nitrogens with one attached hydrogen (secondary N) is 3. The Kier molecular flexibility index (Phi) is 14.1. The molecule has 4 atom stereocenters. The van der Waals surface area contributed by atoms with Crippen molar-refractivity contribution in [1.29, 1.82) is 0 Å². The van der Waals surface area contributed by atoms with Gasteiger partial charge in [-0.15, -0.1) is 0 Å². The number of rotatable bonds is 14. The minimum atomic E-state index is -0.988. The molecule has 0 aliphatic rings. The second-order valence-electron chi connectivity index (χ2n) is 13.3. The van der Waals surface area contributed by atoms with Crippen LogP contribution >= 0.6 is 0 Å². The van der Waals surface area contributed by atoms with Gasteiger partial charge >= 0.3 is 12.1 Å². The number of carbonyl (C=O) groups excluding carboxylic acids is 3. The van der Waals surface area contributed by atoms with Gasteiger partial charge in [0.25, 0.3) is 0 Å². The summed E-state index contributed by atoms with van der Waals surface area (Å²) < 4.78 is 11.0. The SMILES string of the molecule is CC(C)C[C@H](NC(=O)[C@H](Cc1ccccc1)NCC(O)[C@H](CC(C)C)NC(=O)OC(C)(C)C)C(=O)OC(C)(C)C. The highest BCUT2D eigenvalue weighted by Gasteiger charge is 2.31. The number of amides is 2. The Hall–Kier alpha value is -2.65. The van der Waals surface area contributed by atoms with Crippen LogP contribution in [0.5, 0.6) is 0 Å². The summed E-state index contributed by atoms with van der Waals surface area (Å²) in [6.45, 7) is 18.7. The quantitative estimate of drug-likeness (QED) is 0.248. The molecule has 9 nitrogen and oxygen atoms in total. The molecule has 0 saturated carbocycles. The van der Waals surface area contributed by atoms with E-state index in [-0.39, 0.29) is 24.3 Å². The fourth-order valence-corrected chi connectivity index (χ4v) is 4.12. The first-order valence-corrected chi connectivity index (χ1v) is 14.3. The third kappa shape index (κ3) is 15.2. The topological polar surface area (TPSA) is 126 Å². The van der Waals surface area contributed by atoms with Gasteiger partial charge in [-0.3, -0.25) is 4.79 Å². The predicted octanol–water partition coefficient (Wildman–Crippen LogP) is 4.36. The molecule has 0 spiro atoms. The summed E-state index contributed by atoms with van der Waals surface area (Å²) in [6, 6.07) is 7.39. The maximum absolute atomic E-state index is 13.6. The van der Waals surface area contributed by atoms with Crippen molar-refractivity contribution in [2.24, 2.45) is 11.8 Å². The number of esters is 1. The molecule has 2 amide bonds. The van der Waals surface area contributed by atoms with Gasteiger partial charge in [-0.1, -0.05) is 58.0 Å². The molecule has 1 unspecified atom stereocenters. The molecule has 4 N–H and O–H groups in total. The number of hydrogen-bond donors (Lipinski definition) is 4. The van der Waals surface area contributed by atoms with E-state index in [2.05, 4.69) is 16.0 Å². The second-order valence-corrected chi connectivity index (χ2v) is 13.3. The van der Waals surface area contributed by atoms with Crippen LogP contribution in [0.2, 0.25) is 0 Å². The highest BCUT2D eigenvalue weighted by molar-refractivity contribution is 5.88. The third-order valence-corrected chi connectivity index (χ3v) is 5.78. The molecule has 0 fully saturated rings. The highest BCUT2D eigenvalue weighted by Crippen LogP contribution is 2.15. The number of carbonyl (C=O) groups is 3. The lowest BCUT2D eigenvalue weighted by Crippen LogP contribution is -2.55. The fourth-order valence-electron chi connectivity index (χ4n) is 4.12. The Morgan fingerprint density at radius 1 is 0.800 bits per heavy atom.